The van der Waals surface area contributed by atoms with Gasteiger partial charge in [0.15, 0.2) is 0 Å². The second-order valence-electron chi connectivity index (χ2n) is 3.15. The van der Waals surface area contributed by atoms with Gasteiger partial charge in [-0.15, -0.1) is 0 Å². The van der Waals surface area contributed by atoms with Crippen LogP contribution in [-0.4, -0.2) is 12.6 Å². The Morgan fingerprint density at radius 1 is 1.50 bits per heavy atom. The molecular formula is C12H12BrNO2. The number of hydrogen-bond donors (Lipinski definition) is 0. The normalized spacial score (nSPS) is 9.62. The minimum Gasteiger partial charge on any atom is -0.462 e. The third kappa shape index (κ3) is 2.42. The van der Waals surface area contributed by atoms with Crippen molar-refractivity contribution >= 4 is 21.9 Å². The summed E-state index contributed by atoms with van der Waals surface area (Å²) in [4.78, 5) is 11.8. The average molecular weight is 282 g/mol. The van der Waals surface area contributed by atoms with Gasteiger partial charge in [0.05, 0.1) is 22.2 Å². The number of carbonyl (C=O) groups is 1. The van der Waals surface area contributed by atoms with Crippen molar-refractivity contribution in [3.8, 4) is 6.07 Å². The molecule has 16 heavy (non-hydrogen) atoms. The first kappa shape index (κ1) is 12.7. The van der Waals surface area contributed by atoms with Crippen LogP contribution in [0.1, 0.15) is 35.3 Å². The lowest BCUT2D eigenvalue weighted by atomic mass is 10.0. The van der Waals surface area contributed by atoms with Crippen LogP contribution in [0.2, 0.25) is 0 Å². The molecule has 1 aromatic carbocycles. The number of ether oxygens (including phenoxy) is 1. The van der Waals surface area contributed by atoms with Gasteiger partial charge >= 0.3 is 5.97 Å². The number of aryl methyl sites for hydroxylation is 1. The molecule has 0 amide bonds. The highest BCUT2D eigenvalue weighted by Crippen LogP contribution is 2.26. The molecule has 84 valence electrons. The Kier molecular flexibility index (Phi) is 4.51. The van der Waals surface area contributed by atoms with E-state index in [0.717, 1.165) is 12.0 Å². The summed E-state index contributed by atoms with van der Waals surface area (Å²) in [5.41, 5.74) is 1.79. The van der Waals surface area contributed by atoms with Crippen molar-refractivity contribution in [2.75, 3.05) is 6.61 Å². The first-order chi connectivity index (χ1) is 7.65. The van der Waals surface area contributed by atoms with E-state index >= 15 is 0 Å². The monoisotopic (exact) mass is 281 g/mol. The lowest BCUT2D eigenvalue weighted by Gasteiger charge is -2.10. The molecule has 0 spiro atoms. The SMILES string of the molecule is CCOC(=O)c1c(CC)ccc(C#N)c1Br. The maximum Gasteiger partial charge on any atom is 0.339 e. The van der Waals surface area contributed by atoms with Crippen LogP contribution in [0.25, 0.3) is 0 Å². The summed E-state index contributed by atoms with van der Waals surface area (Å²) in [7, 11) is 0. The van der Waals surface area contributed by atoms with E-state index in [4.69, 9.17) is 10.00 Å². The molecule has 4 heteroatoms. The summed E-state index contributed by atoms with van der Waals surface area (Å²) in [6.07, 6.45) is 0.721. The third-order valence-electron chi connectivity index (χ3n) is 2.21. The molecule has 0 saturated heterocycles. The van der Waals surface area contributed by atoms with Gasteiger partial charge in [-0.1, -0.05) is 13.0 Å². The Morgan fingerprint density at radius 3 is 2.69 bits per heavy atom. The number of halogens is 1. The standard InChI is InChI=1S/C12H12BrNO2/c1-3-8-5-6-9(7-14)11(13)10(8)12(15)16-4-2/h5-6H,3-4H2,1-2H3. The second kappa shape index (κ2) is 5.66. The van der Waals surface area contributed by atoms with Crippen molar-refractivity contribution < 1.29 is 9.53 Å². The average Bonchev–Trinajstić information content (AvgIpc) is 2.28. The van der Waals surface area contributed by atoms with Gasteiger partial charge in [-0.25, -0.2) is 4.79 Å². The molecule has 0 atom stereocenters. The van der Waals surface area contributed by atoms with E-state index < -0.39 is 0 Å². The highest BCUT2D eigenvalue weighted by molar-refractivity contribution is 9.10. The topological polar surface area (TPSA) is 50.1 Å². The molecule has 0 N–H and O–H groups in total. The molecule has 0 aromatic heterocycles. The quantitative estimate of drug-likeness (QED) is 0.800. The molecule has 1 aromatic rings. The van der Waals surface area contributed by atoms with E-state index in [1.807, 2.05) is 13.0 Å². The lowest BCUT2D eigenvalue weighted by molar-refractivity contribution is 0.0524. The number of hydrogen-bond acceptors (Lipinski definition) is 3. The van der Waals surface area contributed by atoms with E-state index in [0.29, 0.717) is 22.2 Å². The first-order valence-corrected chi connectivity index (χ1v) is 5.83. The van der Waals surface area contributed by atoms with Crippen molar-refractivity contribution in [2.45, 2.75) is 20.3 Å². The lowest BCUT2D eigenvalue weighted by Crippen LogP contribution is -2.09. The summed E-state index contributed by atoms with van der Waals surface area (Å²) in [6.45, 7) is 4.04. The molecule has 0 aliphatic heterocycles. The zero-order valence-electron chi connectivity index (χ0n) is 9.21. The van der Waals surface area contributed by atoms with E-state index in [9.17, 15) is 4.79 Å². The fraction of sp³-hybridized carbons (Fsp3) is 0.333. The summed E-state index contributed by atoms with van der Waals surface area (Å²) in [5, 5.41) is 8.89. The summed E-state index contributed by atoms with van der Waals surface area (Å²) in [5.74, 6) is -0.386. The summed E-state index contributed by atoms with van der Waals surface area (Å²) >= 11 is 3.28. The van der Waals surface area contributed by atoms with Gasteiger partial charge < -0.3 is 4.74 Å². The van der Waals surface area contributed by atoms with Gasteiger partial charge in [0.2, 0.25) is 0 Å². The van der Waals surface area contributed by atoms with E-state index in [1.54, 1.807) is 19.1 Å². The fourth-order valence-electron chi connectivity index (χ4n) is 1.42. The molecule has 3 nitrogen and oxygen atoms in total. The largest absolute Gasteiger partial charge is 0.462 e. The maximum atomic E-state index is 11.8. The van der Waals surface area contributed by atoms with Gasteiger partial charge in [0.25, 0.3) is 0 Å². The van der Waals surface area contributed by atoms with Gasteiger partial charge in [0, 0.05) is 0 Å². The van der Waals surface area contributed by atoms with Crippen molar-refractivity contribution in [1.29, 1.82) is 5.26 Å². The molecule has 0 aliphatic rings. The first-order valence-electron chi connectivity index (χ1n) is 5.04. The number of benzene rings is 1. The zero-order chi connectivity index (χ0) is 12.1. The van der Waals surface area contributed by atoms with E-state index in [1.165, 1.54) is 0 Å². The predicted molar refractivity (Wildman–Crippen MR) is 64.2 cm³/mol. The highest BCUT2D eigenvalue weighted by Gasteiger charge is 2.18. The smallest absolute Gasteiger partial charge is 0.339 e. The Balaban J connectivity index is 3.33. The minimum absolute atomic E-state index is 0.325. The van der Waals surface area contributed by atoms with Crippen LogP contribution in [0.5, 0.6) is 0 Å². The number of rotatable bonds is 3. The van der Waals surface area contributed by atoms with Crippen molar-refractivity contribution in [1.82, 2.24) is 0 Å². The molecule has 0 unspecified atom stereocenters. The predicted octanol–water partition coefficient (Wildman–Crippen LogP) is 3.06. The summed E-state index contributed by atoms with van der Waals surface area (Å²) in [6, 6.07) is 5.52. The molecule has 0 saturated carbocycles. The molecule has 0 radical (unpaired) electrons. The molecule has 0 heterocycles. The van der Waals surface area contributed by atoms with Crippen molar-refractivity contribution in [3.05, 3.63) is 33.3 Å². The van der Waals surface area contributed by atoms with Crippen molar-refractivity contribution in [3.63, 3.8) is 0 Å². The number of carbonyl (C=O) groups excluding carboxylic acids is 1. The Bertz CT molecular complexity index is 449. The van der Waals surface area contributed by atoms with Gasteiger partial charge in [0.1, 0.15) is 6.07 Å². The van der Waals surface area contributed by atoms with Crippen LogP contribution >= 0.6 is 15.9 Å². The van der Waals surface area contributed by atoms with Crippen LogP contribution in [0, 0.1) is 11.3 Å². The number of nitrogens with zero attached hydrogens (tertiary/aromatic N) is 1. The van der Waals surface area contributed by atoms with E-state index in [-0.39, 0.29) is 5.97 Å². The molecule has 0 bridgehead atoms. The minimum atomic E-state index is -0.386. The Morgan fingerprint density at radius 2 is 2.19 bits per heavy atom. The van der Waals surface area contributed by atoms with Crippen LogP contribution in [0.4, 0.5) is 0 Å². The molecule has 0 aliphatic carbocycles. The van der Waals surface area contributed by atoms with Crippen LogP contribution < -0.4 is 0 Å². The third-order valence-corrected chi connectivity index (χ3v) is 3.03. The number of nitriles is 1. The van der Waals surface area contributed by atoms with Crippen molar-refractivity contribution in [2.24, 2.45) is 0 Å². The second-order valence-corrected chi connectivity index (χ2v) is 3.94. The maximum absolute atomic E-state index is 11.8. The summed E-state index contributed by atoms with van der Waals surface area (Å²) < 4.78 is 5.49. The Labute approximate surface area is 103 Å². The molecule has 1 rings (SSSR count). The molecule has 0 fully saturated rings. The van der Waals surface area contributed by atoms with Gasteiger partial charge in [-0.3, -0.25) is 0 Å². The van der Waals surface area contributed by atoms with Crippen LogP contribution in [0.3, 0.4) is 0 Å². The number of esters is 1. The molecular weight excluding hydrogens is 270 g/mol. The zero-order valence-corrected chi connectivity index (χ0v) is 10.8. The highest BCUT2D eigenvalue weighted by atomic mass is 79.9. The fourth-order valence-corrected chi connectivity index (χ4v) is 2.06. The van der Waals surface area contributed by atoms with Crippen LogP contribution in [0.15, 0.2) is 16.6 Å². The Hall–Kier alpha value is -1.34. The van der Waals surface area contributed by atoms with Crippen LogP contribution in [-0.2, 0) is 11.2 Å². The van der Waals surface area contributed by atoms with Gasteiger partial charge in [-0.2, -0.15) is 5.26 Å². The van der Waals surface area contributed by atoms with Gasteiger partial charge in [-0.05, 0) is 40.9 Å². The van der Waals surface area contributed by atoms with E-state index in [2.05, 4.69) is 15.9 Å².